The highest BCUT2D eigenvalue weighted by molar-refractivity contribution is 7.82. The number of pyridine rings is 1. The van der Waals surface area contributed by atoms with Crippen LogP contribution in [0.3, 0.4) is 0 Å². The van der Waals surface area contributed by atoms with Gasteiger partial charge in [-0.2, -0.15) is 0 Å². The zero-order valence-electron chi connectivity index (χ0n) is 23.0. The molecule has 5 rings (SSSR count). The highest BCUT2D eigenvalue weighted by atomic mass is 32.2. The van der Waals surface area contributed by atoms with Crippen LogP contribution in [-0.4, -0.2) is 61.3 Å². The van der Waals surface area contributed by atoms with Crippen LogP contribution in [0, 0.1) is 5.82 Å². The van der Waals surface area contributed by atoms with E-state index in [-0.39, 0.29) is 11.8 Å². The SMILES string of the molecule is CCc1nc2ccc(C3CCN(S(=O)CCCOC(C)=O)CC3)cn2c1N(C)c1nc(-c2ccc(F)cc2)cs1. The predicted octanol–water partition coefficient (Wildman–Crippen LogP) is 5.72. The second-order valence-corrected chi connectivity index (χ2v) is 12.3. The van der Waals surface area contributed by atoms with Gasteiger partial charge >= 0.3 is 5.97 Å². The van der Waals surface area contributed by atoms with Crippen molar-refractivity contribution in [1.82, 2.24) is 18.7 Å². The average Bonchev–Trinajstić information content (AvgIpc) is 3.60. The second kappa shape index (κ2) is 12.6. The number of benzene rings is 1. The maximum absolute atomic E-state index is 13.4. The molecule has 1 aliphatic rings. The maximum Gasteiger partial charge on any atom is 0.302 e. The molecule has 3 aromatic heterocycles. The van der Waals surface area contributed by atoms with E-state index in [1.54, 1.807) is 23.5 Å². The van der Waals surface area contributed by atoms with E-state index in [0.29, 0.717) is 24.7 Å². The number of rotatable bonds is 10. The van der Waals surface area contributed by atoms with Crippen molar-refractivity contribution in [3.63, 3.8) is 0 Å². The molecule has 0 saturated carbocycles. The van der Waals surface area contributed by atoms with Gasteiger partial charge in [-0.3, -0.25) is 9.20 Å². The Labute approximate surface area is 240 Å². The number of aromatic nitrogens is 3. The lowest BCUT2D eigenvalue weighted by atomic mass is 9.91. The lowest BCUT2D eigenvalue weighted by molar-refractivity contribution is -0.140. The van der Waals surface area contributed by atoms with E-state index in [1.165, 1.54) is 24.6 Å². The van der Waals surface area contributed by atoms with Crippen molar-refractivity contribution >= 4 is 44.9 Å². The van der Waals surface area contributed by atoms with Crippen LogP contribution in [0.4, 0.5) is 15.3 Å². The average molecular weight is 584 g/mol. The Kier molecular flexibility index (Phi) is 8.92. The third kappa shape index (κ3) is 6.26. The van der Waals surface area contributed by atoms with Gasteiger partial charge < -0.3 is 9.64 Å². The van der Waals surface area contributed by atoms with Crippen LogP contribution in [-0.2, 0) is 26.9 Å². The minimum absolute atomic E-state index is 0.263. The minimum Gasteiger partial charge on any atom is -0.466 e. The number of piperidine rings is 1. The molecule has 0 amide bonds. The summed E-state index contributed by atoms with van der Waals surface area (Å²) in [6.45, 7) is 5.34. The Morgan fingerprint density at radius 2 is 1.93 bits per heavy atom. The molecule has 1 aliphatic heterocycles. The van der Waals surface area contributed by atoms with Gasteiger partial charge in [0.2, 0.25) is 0 Å². The van der Waals surface area contributed by atoms with Crippen molar-refractivity contribution in [2.75, 3.05) is 37.4 Å². The summed E-state index contributed by atoms with van der Waals surface area (Å²) in [5, 5.41) is 2.83. The normalized spacial score (nSPS) is 15.4. The maximum atomic E-state index is 13.4. The van der Waals surface area contributed by atoms with Crippen molar-refractivity contribution in [2.24, 2.45) is 0 Å². The van der Waals surface area contributed by atoms with E-state index < -0.39 is 11.0 Å². The summed E-state index contributed by atoms with van der Waals surface area (Å²) >= 11 is 1.55. The number of thiazole rings is 1. The molecule has 1 aromatic carbocycles. The largest absolute Gasteiger partial charge is 0.466 e. The number of halogens is 1. The molecule has 11 heteroatoms. The number of anilines is 2. The molecule has 4 heterocycles. The Bertz CT molecular complexity index is 1500. The van der Waals surface area contributed by atoms with E-state index in [9.17, 15) is 13.4 Å². The Morgan fingerprint density at radius 3 is 2.62 bits per heavy atom. The molecule has 1 atom stereocenters. The molecule has 0 radical (unpaired) electrons. The molecule has 1 unspecified atom stereocenters. The summed E-state index contributed by atoms with van der Waals surface area (Å²) in [6.07, 6.45) is 5.43. The molecule has 0 bridgehead atoms. The number of aryl methyl sites for hydroxylation is 1. The van der Waals surface area contributed by atoms with Crippen LogP contribution in [0.5, 0.6) is 0 Å². The third-order valence-electron chi connectivity index (χ3n) is 7.24. The number of carbonyl (C=O) groups is 1. The van der Waals surface area contributed by atoms with Gasteiger partial charge in [-0.25, -0.2) is 22.9 Å². The molecule has 1 fully saturated rings. The van der Waals surface area contributed by atoms with Gasteiger partial charge in [0.05, 0.1) is 29.0 Å². The van der Waals surface area contributed by atoms with E-state index in [4.69, 9.17) is 14.7 Å². The fourth-order valence-electron chi connectivity index (χ4n) is 5.11. The van der Waals surface area contributed by atoms with Crippen LogP contribution in [0.25, 0.3) is 16.9 Å². The molecule has 0 aliphatic carbocycles. The van der Waals surface area contributed by atoms with Gasteiger partial charge in [-0.05, 0) is 67.5 Å². The molecule has 0 N–H and O–H groups in total. The van der Waals surface area contributed by atoms with E-state index in [1.807, 2.05) is 16.7 Å². The quantitative estimate of drug-likeness (QED) is 0.175. The minimum atomic E-state index is -1.06. The zero-order chi connectivity index (χ0) is 28.2. The number of fused-ring (bicyclic) bond motifs is 1. The number of imidazole rings is 1. The lowest BCUT2D eigenvalue weighted by Gasteiger charge is -2.31. The lowest BCUT2D eigenvalue weighted by Crippen LogP contribution is -2.35. The van der Waals surface area contributed by atoms with Crippen molar-refractivity contribution in [3.8, 4) is 11.3 Å². The number of ether oxygens (including phenoxy) is 1. The second-order valence-electron chi connectivity index (χ2n) is 9.93. The Hall–Kier alpha value is -3.15. The topological polar surface area (TPSA) is 80.0 Å². The van der Waals surface area contributed by atoms with Crippen LogP contribution in [0.1, 0.15) is 50.3 Å². The smallest absolute Gasteiger partial charge is 0.302 e. The van der Waals surface area contributed by atoms with Gasteiger partial charge in [0.15, 0.2) is 5.13 Å². The van der Waals surface area contributed by atoms with Gasteiger partial charge in [0, 0.05) is 50.0 Å². The summed E-state index contributed by atoms with van der Waals surface area (Å²) in [7, 11) is 0.951. The molecule has 0 spiro atoms. The molecule has 40 heavy (non-hydrogen) atoms. The summed E-state index contributed by atoms with van der Waals surface area (Å²) in [4.78, 5) is 22.8. The number of hydrogen-bond donors (Lipinski definition) is 0. The summed E-state index contributed by atoms with van der Waals surface area (Å²) < 4.78 is 35.3. The van der Waals surface area contributed by atoms with Crippen molar-refractivity contribution < 1.29 is 18.1 Å². The summed E-state index contributed by atoms with van der Waals surface area (Å²) in [5.41, 5.74) is 4.83. The highest BCUT2D eigenvalue weighted by Crippen LogP contribution is 2.35. The van der Waals surface area contributed by atoms with Gasteiger partial charge in [0.1, 0.15) is 17.3 Å². The number of carbonyl (C=O) groups excluding carboxylic acids is 1. The molecule has 8 nitrogen and oxygen atoms in total. The molecular weight excluding hydrogens is 549 g/mol. The molecular formula is C29H34FN5O3S2. The van der Waals surface area contributed by atoms with Crippen LogP contribution < -0.4 is 4.90 Å². The Balaban J connectivity index is 1.31. The van der Waals surface area contributed by atoms with Crippen molar-refractivity contribution in [3.05, 3.63) is 65.0 Å². The Morgan fingerprint density at radius 1 is 1.18 bits per heavy atom. The van der Waals surface area contributed by atoms with Crippen LogP contribution in [0.2, 0.25) is 0 Å². The first-order chi connectivity index (χ1) is 19.3. The third-order valence-corrected chi connectivity index (χ3v) is 9.74. The number of esters is 1. The summed E-state index contributed by atoms with van der Waals surface area (Å²) in [6, 6.07) is 10.6. The van der Waals surface area contributed by atoms with E-state index >= 15 is 0 Å². The monoisotopic (exact) mass is 583 g/mol. The van der Waals surface area contributed by atoms with E-state index in [0.717, 1.165) is 65.9 Å². The summed E-state index contributed by atoms with van der Waals surface area (Å²) in [5.74, 6) is 1.30. The number of hydrogen-bond acceptors (Lipinski definition) is 7. The van der Waals surface area contributed by atoms with Crippen LogP contribution in [0.15, 0.2) is 48.0 Å². The first-order valence-corrected chi connectivity index (χ1v) is 15.7. The van der Waals surface area contributed by atoms with Crippen molar-refractivity contribution in [2.45, 2.75) is 45.4 Å². The van der Waals surface area contributed by atoms with Gasteiger partial charge in [-0.1, -0.05) is 13.0 Å². The van der Waals surface area contributed by atoms with E-state index in [2.05, 4.69) is 34.6 Å². The molecule has 1 saturated heterocycles. The number of nitrogens with zero attached hydrogens (tertiary/aromatic N) is 5. The fourth-order valence-corrected chi connectivity index (χ4v) is 7.16. The van der Waals surface area contributed by atoms with Crippen LogP contribution >= 0.6 is 11.3 Å². The van der Waals surface area contributed by atoms with Gasteiger partial charge in [-0.15, -0.1) is 11.3 Å². The predicted molar refractivity (Wildman–Crippen MR) is 158 cm³/mol. The zero-order valence-corrected chi connectivity index (χ0v) is 24.6. The molecule has 4 aromatic rings. The fraction of sp³-hybridized carbons (Fsp3) is 0.414. The molecule has 212 valence electrons. The highest BCUT2D eigenvalue weighted by Gasteiger charge is 2.25. The first kappa shape index (κ1) is 28.4. The standard InChI is InChI=1S/C29H34FN5O3S2/c1-4-25-28(33(3)29-32-26(19-39-29)22-6-9-24(30)10-7-22)35-18-23(8-11-27(35)31-25)21-12-14-34(15-13-21)40(37)17-5-16-38-20(2)36/h6-11,18-19,21H,4-5,12-17H2,1-3H3. The first-order valence-electron chi connectivity index (χ1n) is 13.6. The van der Waals surface area contributed by atoms with Gasteiger partial charge in [0.25, 0.3) is 0 Å². The van der Waals surface area contributed by atoms with Crippen molar-refractivity contribution in [1.29, 1.82) is 0 Å².